The third kappa shape index (κ3) is 3.11. The van der Waals surface area contributed by atoms with Crippen LogP contribution in [0, 0.1) is 0 Å². The van der Waals surface area contributed by atoms with Gasteiger partial charge in [0, 0.05) is 0 Å². The predicted octanol–water partition coefficient (Wildman–Crippen LogP) is 3.71. The lowest BCUT2D eigenvalue weighted by atomic mass is 10.1. The van der Waals surface area contributed by atoms with Gasteiger partial charge in [-0.05, 0) is 52.7 Å². The number of carbonyl (C=O) groups is 1. The molecule has 1 heterocycles. The van der Waals surface area contributed by atoms with Crippen molar-refractivity contribution in [3.8, 4) is 5.75 Å². The lowest BCUT2D eigenvalue weighted by Gasteiger charge is -2.13. The van der Waals surface area contributed by atoms with E-state index in [4.69, 9.17) is 0 Å². The summed E-state index contributed by atoms with van der Waals surface area (Å²) in [5, 5.41) is 12.3. The monoisotopic (exact) mass is 325 g/mol. The van der Waals surface area contributed by atoms with Gasteiger partial charge in [-0.2, -0.15) is 0 Å². The Labute approximate surface area is 118 Å². The van der Waals surface area contributed by atoms with Crippen LogP contribution in [0.4, 0.5) is 0 Å². The molecule has 1 unspecified atom stereocenters. The summed E-state index contributed by atoms with van der Waals surface area (Å²) in [5.74, 6) is 0.0917. The molecule has 2 N–H and O–H groups in total. The van der Waals surface area contributed by atoms with Crippen LogP contribution in [0.5, 0.6) is 5.75 Å². The van der Waals surface area contributed by atoms with E-state index in [2.05, 4.69) is 21.2 Å². The lowest BCUT2D eigenvalue weighted by Crippen LogP contribution is -2.25. The number of rotatable bonds is 3. The molecule has 0 radical (unpaired) electrons. The van der Waals surface area contributed by atoms with Crippen LogP contribution in [-0.2, 0) is 0 Å². The summed E-state index contributed by atoms with van der Waals surface area (Å²) in [6.45, 7) is 1.88. The van der Waals surface area contributed by atoms with Crippen LogP contribution in [0.2, 0.25) is 0 Å². The molecule has 0 saturated carbocycles. The van der Waals surface area contributed by atoms with E-state index in [9.17, 15) is 9.90 Å². The number of aromatic hydroxyl groups is 1. The van der Waals surface area contributed by atoms with Crippen LogP contribution < -0.4 is 5.32 Å². The Kier molecular flexibility index (Phi) is 4.04. The minimum absolute atomic E-state index is 0.110. The molecule has 0 spiro atoms. The SMILES string of the molecule is CC(NC(=O)c1ccc(Br)s1)c1cccc(O)c1. The molecule has 1 amide bonds. The minimum atomic E-state index is -0.148. The van der Waals surface area contributed by atoms with E-state index < -0.39 is 0 Å². The highest BCUT2D eigenvalue weighted by atomic mass is 79.9. The first kappa shape index (κ1) is 13.1. The third-order valence-electron chi connectivity index (χ3n) is 2.51. The summed E-state index contributed by atoms with van der Waals surface area (Å²) in [6.07, 6.45) is 0. The van der Waals surface area contributed by atoms with E-state index in [1.165, 1.54) is 11.3 Å². The lowest BCUT2D eigenvalue weighted by molar-refractivity contribution is 0.0944. The van der Waals surface area contributed by atoms with Crippen molar-refractivity contribution in [3.05, 3.63) is 50.6 Å². The highest BCUT2D eigenvalue weighted by Gasteiger charge is 2.13. The second-order valence-corrected chi connectivity index (χ2v) is 6.36. The number of halogens is 1. The van der Waals surface area contributed by atoms with Crippen molar-refractivity contribution in [1.29, 1.82) is 0 Å². The fourth-order valence-electron chi connectivity index (χ4n) is 1.58. The van der Waals surface area contributed by atoms with Crippen LogP contribution >= 0.6 is 27.3 Å². The number of hydrogen-bond donors (Lipinski definition) is 2. The first-order valence-corrected chi connectivity index (χ1v) is 7.02. The Balaban J connectivity index is 2.07. The quantitative estimate of drug-likeness (QED) is 0.903. The molecule has 0 aliphatic carbocycles. The van der Waals surface area contributed by atoms with Crippen molar-refractivity contribution in [1.82, 2.24) is 5.32 Å². The number of carbonyl (C=O) groups excluding carboxylic acids is 1. The van der Waals surface area contributed by atoms with Crippen molar-refractivity contribution in [2.24, 2.45) is 0 Å². The fourth-order valence-corrected chi connectivity index (χ4v) is 2.87. The van der Waals surface area contributed by atoms with E-state index in [1.807, 2.05) is 19.1 Å². The van der Waals surface area contributed by atoms with Gasteiger partial charge in [0.25, 0.3) is 5.91 Å². The number of benzene rings is 1. The van der Waals surface area contributed by atoms with Crippen LogP contribution in [-0.4, -0.2) is 11.0 Å². The molecule has 5 heteroatoms. The van der Waals surface area contributed by atoms with Crippen LogP contribution in [0.15, 0.2) is 40.2 Å². The van der Waals surface area contributed by atoms with Gasteiger partial charge in [-0.25, -0.2) is 0 Å². The Morgan fingerprint density at radius 1 is 1.39 bits per heavy atom. The average molecular weight is 326 g/mol. The van der Waals surface area contributed by atoms with Gasteiger partial charge in [0.05, 0.1) is 14.7 Å². The molecule has 1 aromatic heterocycles. The molecule has 94 valence electrons. The van der Waals surface area contributed by atoms with Gasteiger partial charge in [0.1, 0.15) is 5.75 Å². The van der Waals surface area contributed by atoms with E-state index >= 15 is 0 Å². The van der Waals surface area contributed by atoms with E-state index in [1.54, 1.807) is 24.3 Å². The van der Waals surface area contributed by atoms with Crippen LogP contribution in [0.25, 0.3) is 0 Å². The summed E-state index contributed by atoms with van der Waals surface area (Å²) in [5.41, 5.74) is 0.874. The number of phenols is 1. The first-order valence-electron chi connectivity index (χ1n) is 5.41. The third-order valence-corrected chi connectivity index (χ3v) is 4.14. The predicted molar refractivity (Wildman–Crippen MR) is 76.0 cm³/mol. The van der Waals surface area contributed by atoms with Crippen molar-refractivity contribution in [2.45, 2.75) is 13.0 Å². The summed E-state index contributed by atoms with van der Waals surface area (Å²) < 4.78 is 0.928. The van der Waals surface area contributed by atoms with Crippen LogP contribution in [0.3, 0.4) is 0 Å². The zero-order valence-corrected chi connectivity index (χ0v) is 12.1. The van der Waals surface area contributed by atoms with E-state index in [0.29, 0.717) is 4.88 Å². The molecule has 2 rings (SSSR count). The summed E-state index contributed by atoms with van der Waals surface area (Å²) in [7, 11) is 0. The molecular weight excluding hydrogens is 314 g/mol. The Morgan fingerprint density at radius 2 is 2.17 bits per heavy atom. The van der Waals surface area contributed by atoms with Gasteiger partial charge in [-0.3, -0.25) is 4.79 Å². The largest absolute Gasteiger partial charge is 0.508 e. The van der Waals surface area contributed by atoms with Gasteiger partial charge < -0.3 is 10.4 Å². The van der Waals surface area contributed by atoms with Gasteiger partial charge in [0.15, 0.2) is 0 Å². The maximum Gasteiger partial charge on any atom is 0.261 e. The molecule has 0 saturated heterocycles. The minimum Gasteiger partial charge on any atom is -0.508 e. The molecule has 0 bridgehead atoms. The molecule has 1 atom stereocenters. The molecule has 18 heavy (non-hydrogen) atoms. The fraction of sp³-hybridized carbons (Fsp3) is 0.154. The van der Waals surface area contributed by atoms with Crippen molar-refractivity contribution >= 4 is 33.2 Å². The number of amides is 1. The molecule has 2 aromatic rings. The first-order chi connectivity index (χ1) is 8.56. The standard InChI is InChI=1S/C13H12BrNO2S/c1-8(9-3-2-4-10(16)7-9)15-13(17)11-5-6-12(14)18-11/h2-8,16H,1H3,(H,15,17). The maximum absolute atomic E-state index is 11.9. The van der Waals surface area contributed by atoms with Gasteiger partial charge in [-0.15, -0.1) is 11.3 Å². The number of thiophene rings is 1. The van der Waals surface area contributed by atoms with Gasteiger partial charge in [-0.1, -0.05) is 12.1 Å². The molecule has 0 aliphatic rings. The smallest absolute Gasteiger partial charge is 0.261 e. The molecular formula is C13H12BrNO2S. The molecule has 3 nitrogen and oxygen atoms in total. The van der Waals surface area contributed by atoms with Gasteiger partial charge >= 0.3 is 0 Å². The van der Waals surface area contributed by atoms with Gasteiger partial charge in [0.2, 0.25) is 0 Å². The normalized spacial score (nSPS) is 12.1. The Bertz CT molecular complexity index is 568. The summed E-state index contributed by atoms with van der Waals surface area (Å²) >= 11 is 4.72. The highest BCUT2D eigenvalue weighted by Crippen LogP contribution is 2.23. The van der Waals surface area contributed by atoms with Crippen molar-refractivity contribution in [2.75, 3.05) is 0 Å². The number of phenolic OH excluding ortho intramolecular Hbond substituents is 1. The highest BCUT2D eigenvalue weighted by molar-refractivity contribution is 9.11. The van der Waals surface area contributed by atoms with Crippen LogP contribution in [0.1, 0.15) is 28.2 Å². The van der Waals surface area contributed by atoms with E-state index in [-0.39, 0.29) is 17.7 Å². The molecule has 0 aliphatic heterocycles. The number of hydrogen-bond acceptors (Lipinski definition) is 3. The Morgan fingerprint density at radius 3 is 2.78 bits per heavy atom. The number of nitrogens with one attached hydrogen (secondary N) is 1. The second-order valence-electron chi connectivity index (χ2n) is 3.89. The molecule has 1 aromatic carbocycles. The van der Waals surface area contributed by atoms with Crippen molar-refractivity contribution < 1.29 is 9.90 Å². The zero-order chi connectivity index (χ0) is 13.1. The topological polar surface area (TPSA) is 49.3 Å². The second kappa shape index (κ2) is 5.54. The van der Waals surface area contributed by atoms with Crippen molar-refractivity contribution in [3.63, 3.8) is 0 Å². The molecule has 0 fully saturated rings. The average Bonchev–Trinajstić information content (AvgIpc) is 2.76. The maximum atomic E-state index is 11.9. The zero-order valence-electron chi connectivity index (χ0n) is 9.68. The van der Waals surface area contributed by atoms with E-state index in [0.717, 1.165) is 9.35 Å². The summed E-state index contributed by atoms with van der Waals surface area (Å²) in [6, 6.07) is 10.4. The Hall–Kier alpha value is -1.33. The summed E-state index contributed by atoms with van der Waals surface area (Å²) in [4.78, 5) is 12.6.